The van der Waals surface area contributed by atoms with Crippen molar-refractivity contribution in [3.8, 4) is 0 Å². The fraction of sp³-hybridized carbons (Fsp3) is 0.235. The number of allylic oxidation sites excluding steroid dienone is 7. The van der Waals surface area contributed by atoms with Crippen LogP contribution in [-0.2, 0) is 0 Å². The number of nitrogens with two attached hydrogens (primary N) is 1. The van der Waals surface area contributed by atoms with E-state index in [-0.39, 0.29) is 5.70 Å². The van der Waals surface area contributed by atoms with Crippen molar-refractivity contribution in [3.05, 3.63) is 71.9 Å². The molecule has 0 saturated heterocycles. The van der Waals surface area contributed by atoms with Crippen molar-refractivity contribution in [1.29, 1.82) is 0 Å². The van der Waals surface area contributed by atoms with Gasteiger partial charge >= 0.3 is 0 Å². The summed E-state index contributed by atoms with van der Waals surface area (Å²) in [6, 6.07) is 0. The molecule has 20 heavy (non-hydrogen) atoms. The van der Waals surface area contributed by atoms with Crippen LogP contribution >= 0.6 is 0 Å². The molecule has 2 N–H and O–H groups in total. The summed E-state index contributed by atoms with van der Waals surface area (Å²) in [7, 11) is 0. The van der Waals surface area contributed by atoms with Crippen LogP contribution in [0.1, 0.15) is 27.7 Å². The first kappa shape index (κ1) is 17.8. The van der Waals surface area contributed by atoms with E-state index in [0.29, 0.717) is 5.71 Å². The molecule has 0 aromatic heterocycles. The van der Waals surface area contributed by atoms with E-state index in [1.165, 1.54) is 0 Å². The van der Waals surface area contributed by atoms with Crippen LogP contribution in [0.25, 0.3) is 0 Å². The van der Waals surface area contributed by atoms with Crippen molar-refractivity contribution < 1.29 is 4.39 Å². The Bertz CT molecular complexity index is 539. The van der Waals surface area contributed by atoms with Gasteiger partial charge in [0.2, 0.25) is 0 Å². The highest BCUT2D eigenvalue weighted by Gasteiger charge is 2.06. The molecule has 0 bridgehead atoms. The van der Waals surface area contributed by atoms with Gasteiger partial charge in [-0.15, -0.1) is 0 Å². The Hall–Kier alpha value is -2.16. The van der Waals surface area contributed by atoms with Gasteiger partial charge in [-0.2, -0.15) is 0 Å². The summed E-state index contributed by atoms with van der Waals surface area (Å²) in [6.45, 7) is 18.7. The number of hydrogen-bond donors (Lipinski definition) is 1. The van der Waals surface area contributed by atoms with Gasteiger partial charge < -0.3 is 5.73 Å². The molecule has 3 heteroatoms. The maximum atomic E-state index is 13.2. The molecule has 0 aromatic carbocycles. The maximum absolute atomic E-state index is 13.2. The first-order valence-electron chi connectivity index (χ1n) is 6.23. The van der Waals surface area contributed by atoms with Gasteiger partial charge in [-0.3, -0.25) is 4.99 Å². The minimum absolute atomic E-state index is 0.142. The molecule has 0 radical (unpaired) electrons. The van der Waals surface area contributed by atoms with Crippen LogP contribution in [-0.4, -0.2) is 5.71 Å². The second-order valence-corrected chi connectivity index (χ2v) is 4.70. The number of aliphatic imine (C=N–C) groups is 1. The monoisotopic (exact) mass is 274 g/mol. The molecular weight excluding hydrogens is 251 g/mol. The molecule has 0 heterocycles. The minimum atomic E-state index is -0.645. The third-order valence-corrected chi connectivity index (χ3v) is 2.67. The normalized spacial score (nSPS) is 12.9. The van der Waals surface area contributed by atoms with Gasteiger partial charge in [0, 0.05) is 5.71 Å². The van der Waals surface area contributed by atoms with Gasteiger partial charge in [-0.05, 0) is 38.8 Å². The van der Waals surface area contributed by atoms with E-state index in [1.54, 1.807) is 13.0 Å². The van der Waals surface area contributed by atoms with E-state index in [4.69, 9.17) is 5.73 Å². The fourth-order valence-electron chi connectivity index (χ4n) is 1.33. The van der Waals surface area contributed by atoms with Crippen molar-refractivity contribution in [2.45, 2.75) is 27.7 Å². The second-order valence-electron chi connectivity index (χ2n) is 4.70. The van der Waals surface area contributed by atoms with Crippen LogP contribution in [0.2, 0.25) is 0 Å². The van der Waals surface area contributed by atoms with Crippen LogP contribution in [0.4, 0.5) is 4.39 Å². The van der Waals surface area contributed by atoms with E-state index in [9.17, 15) is 4.39 Å². The van der Waals surface area contributed by atoms with Gasteiger partial charge in [0.1, 0.15) is 0 Å². The van der Waals surface area contributed by atoms with E-state index < -0.39 is 5.83 Å². The molecule has 0 aliphatic rings. The summed E-state index contributed by atoms with van der Waals surface area (Å²) in [5.74, 6) is -0.645. The molecule has 0 fully saturated rings. The topological polar surface area (TPSA) is 38.4 Å². The summed E-state index contributed by atoms with van der Waals surface area (Å²) in [5, 5.41) is 0. The largest absolute Gasteiger partial charge is 0.397 e. The average molecular weight is 274 g/mol. The van der Waals surface area contributed by atoms with Crippen molar-refractivity contribution >= 4 is 5.71 Å². The summed E-state index contributed by atoms with van der Waals surface area (Å²) in [5.41, 5.74) is 9.52. The van der Waals surface area contributed by atoms with Gasteiger partial charge in [-0.1, -0.05) is 43.0 Å². The van der Waals surface area contributed by atoms with Crippen LogP contribution in [0.15, 0.2) is 76.9 Å². The zero-order valence-corrected chi connectivity index (χ0v) is 12.8. The lowest BCUT2D eigenvalue weighted by Gasteiger charge is -2.10. The average Bonchev–Trinajstić information content (AvgIpc) is 2.39. The smallest absolute Gasteiger partial charge is 0.163 e. The molecule has 0 unspecified atom stereocenters. The standard InChI is InChI=1S/C17H23FN2/c1-8-12(4)9-16(11(2)3)13(5)15(7)20-10-17(18)14(6)19/h8-10H,1,5-6,19H2,2-4,7H3/b12-9-,17-10+,20-15?. The zero-order valence-electron chi connectivity index (χ0n) is 12.8. The highest BCUT2D eigenvalue weighted by atomic mass is 19.1. The lowest BCUT2D eigenvalue weighted by Crippen LogP contribution is -2.00. The highest BCUT2D eigenvalue weighted by Crippen LogP contribution is 2.19. The predicted octanol–water partition coefficient (Wildman–Crippen LogP) is 4.76. The minimum Gasteiger partial charge on any atom is -0.397 e. The summed E-state index contributed by atoms with van der Waals surface area (Å²) in [4.78, 5) is 4.03. The molecular formula is C17H23FN2. The summed E-state index contributed by atoms with van der Waals surface area (Å²) >= 11 is 0. The summed E-state index contributed by atoms with van der Waals surface area (Å²) in [6.07, 6.45) is 4.79. The molecule has 0 rings (SSSR count). The second kappa shape index (κ2) is 8.10. The number of hydrogen-bond acceptors (Lipinski definition) is 2. The number of rotatable bonds is 6. The Kier molecular flexibility index (Phi) is 7.22. The molecule has 0 atom stereocenters. The maximum Gasteiger partial charge on any atom is 0.163 e. The van der Waals surface area contributed by atoms with Crippen molar-refractivity contribution in [1.82, 2.24) is 0 Å². The van der Waals surface area contributed by atoms with Gasteiger partial charge in [0.05, 0.1) is 11.9 Å². The van der Waals surface area contributed by atoms with E-state index in [2.05, 4.69) is 24.7 Å². The van der Waals surface area contributed by atoms with Crippen LogP contribution in [0, 0.1) is 0 Å². The van der Waals surface area contributed by atoms with Crippen molar-refractivity contribution in [3.63, 3.8) is 0 Å². The molecule has 0 aliphatic carbocycles. The van der Waals surface area contributed by atoms with E-state index in [0.717, 1.165) is 28.5 Å². The highest BCUT2D eigenvalue weighted by molar-refractivity contribution is 6.02. The molecule has 0 aromatic rings. The molecule has 2 nitrogen and oxygen atoms in total. The third kappa shape index (κ3) is 5.65. The van der Waals surface area contributed by atoms with Gasteiger partial charge in [0.15, 0.2) is 5.83 Å². The SMILES string of the molecule is C=C/C(C)=C\C(C(=C)C(C)=N/C=C(/F)C(=C)N)=C(C)C. The Labute approximate surface area is 121 Å². The quantitative estimate of drug-likeness (QED) is 0.550. The molecule has 0 aliphatic heterocycles. The Morgan fingerprint density at radius 2 is 1.70 bits per heavy atom. The lowest BCUT2D eigenvalue weighted by atomic mass is 9.97. The Morgan fingerprint density at radius 3 is 2.10 bits per heavy atom. The predicted molar refractivity (Wildman–Crippen MR) is 87.1 cm³/mol. The molecule has 0 saturated carbocycles. The van der Waals surface area contributed by atoms with E-state index in [1.807, 2.05) is 26.8 Å². The molecule has 108 valence electrons. The van der Waals surface area contributed by atoms with E-state index >= 15 is 0 Å². The lowest BCUT2D eigenvalue weighted by molar-refractivity contribution is 0.646. The summed E-state index contributed by atoms with van der Waals surface area (Å²) < 4.78 is 13.2. The third-order valence-electron chi connectivity index (χ3n) is 2.67. The number of halogens is 1. The first-order chi connectivity index (χ1) is 9.20. The molecule has 0 spiro atoms. The zero-order chi connectivity index (χ0) is 15.9. The van der Waals surface area contributed by atoms with Crippen molar-refractivity contribution in [2.75, 3.05) is 0 Å². The molecule has 0 amide bonds. The Balaban J connectivity index is 5.47. The number of nitrogens with zero attached hydrogens (tertiary/aromatic N) is 1. The Morgan fingerprint density at radius 1 is 1.15 bits per heavy atom. The van der Waals surface area contributed by atoms with Gasteiger partial charge in [0.25, 0.3) is 0 Å². The van der Waals surface area contributed by atoms with Crippen LogP contribution < -0.4 is 5.73 Å². The van der Waals surface area contributed by atoms with Crippen molar-refractivity contribution in [2.24, 2.45) is 10.7 Å². The fourth-order valence-corrected chi connectivity index (χ4v) is 1.33. The first-order valence-corrected chi connectivity index (χ1v) is 6.23. The van der Waals surface area contributed by atoms with Gasteiger partial charge in [-0.25, -0.2) is 4.39 Å². The van der Waals surface area contributed by atoms with Crippen LogP contribution in [0.3, 0.4) is 0 Å². The van der Waals surface area contributed by atoms with Crippen LogP contribution in [0.5, 0.6) is 0 Å².